The minimum absolute atomic E-state index is 0.0604. The van der Waals surface area contributed by atoms with Crippen LogP contribution in [-0.2, 0) is 4.79 Å². The van der Waals surface area contributed by atoms with Crippen LogP contribution in [0.3, 0.4) is 0 Å². The zero-order chi connectivity index (χ0) is 14.7. The summed E-state index contributed by atoms with van der Waals surface area (Å²) in [7, 11) is 1.65. The lowest BCUT2D eigenvalue weighted by Crippen LogP contribution is -2.30. The number of carbonyl (C=O) groups is 1. The van der Waals surface area contributed by atoms with Crippen molar-refractivity contribution >= 4 is 23.4 Å². The van der Waals surface area contributed by atoms with E-state index in [1.54, 1.807) is 18.9 Å². The predicted octanol–water partition coefficient (Wildman–Crippen LogP) is 0.0612. The Balaban J connectivity index is 2.44. The van der Waals surface area contributed by atoms with E-state index in [0.29, 0.717) is 31.3 Å². The zero-order valence-electron chi connectivity index (χ0n) is 11.3. The molecule has 1 amide bonds. The lowest BCUT2D eigenvalue weighted by molar-refractivity contribution is -0.385. The fourth-order valence-corrected chi connectivity index (χ4v) is 2.08. The number of carbonyl (C=O) groups excluding carboxylic acids is 1. The summed E-state index contributed by atoms with van der Waals surface area (Å²) in [5, 5.41) is 16.7. The molecule has 1 aliphatic heterocycles. The first-order chi connectivity index (χ1) is 9.52. The Morgan fingerprint density at radius 1 is 1.40 bits per heavy atom. The van der Waals surface area contributed by atoms with Gasteiger partial charge in [0.2, 0.25) is 17.7 Å². The Bertz CT molecular complexity index is 547. The first-order valence-electron chi connectivity index (χ1n) is 6.25. The molecule has 0 aliphatic carbocycles. The molecule has 0 bridgehead atoms. The Kier molecular flexibility index (Phi) is 3.97. The minimum atomic E-state index is -0.482. The topological polar surface area (TPSA) is 113 Å². The van der Waals surface area contributed by atoms with Gasteiger partial charge in [-0.15, -0.1) is 0 Å². The molecule has 2 N–H and O–H groups in total. The average molecular weight is 280 g/mol. The number of rotatable bonds is 3. The summed E-state index contributed by atoms with van der Waals surface area (Å²) >= 11 is 0. The molecule has 108 valence electrons. The molecule has 2 heterocycles. The average Bonchev–Trinajstić information content (AvgIpc) is 2.62. The van der Waals surface area contributed by atoms with E-state index in [0.717, 1.165) is 0 Å². The molecular weight excluding hydrogens is 264 g/mol. The maximum absolute atomic E-state index is 11.4. The minimum Gasteiger partial charge on any atom is -0.357 e. The van der Waals surface area contributed by atoms with E-state index >= 15 is 0 Å². The Hall–Kier alpha value is -2.45. The van der Waals surface area contributed by atoms with E-state index in [-0.39, 0.29) is 23.8 Å². The van der Waals surface area contributed by atoms with Gasteiger partial charge in [-0.25, -0.2) is 4.98 Å². The summed E-state index contributed by atoms with van der Waals surface area (Å²) in [6.45, 7) is 2.89. The molecule has 0 atom stereocenters. The SMILES string of the molecule is CNc1nc(C)c([N+](=O)[O-])c(N2CCNC(=O)CC2)n1. The largest absolute Gasteiger partial charge is 0.357 e. The standard InChI is InChI=1S/C11H16N6O3/c1-7-9(17(19)20)10(15-11(12-2)14-7)16-5-3-8(18)13-4-6-16/h3-6H2,1-2H3,(H,13,18)(H,12,14,15). The van der Waals surface area contributed by atoms with E-state index in [1.165, 1.54) is 0 Å². The van der Waals surface area contributed by atoms with E-state index < -0.39 is 4.92 Å². The van der Waals surface area contributed by atoms with Gasteiger partial charge in [0.05, 0.1) is 4.92 Å². The van der Waals surface area contributed by atoms with E-state index in [9.17, 15) is 14.9 Å². The van der Waals surface area contributed by atoms with Gasteiger partial charge in [-0.3, -0.25) is 14.9 Å². The third-order valence-electron chi connectivity index (χ3n) is 3.06. The van der Waals surface area contributed by atoms with Crippen molar-refractivity contribution in [1.29, 1.82) is 0 Å². The summed E-state index contributed by atoms with van der Waals surface area (Å²) in [6.07, 6.45) is 0.287. The number of anilines is 2. The summed E-state index contributed by atoms with van der Waals surface area (Å²) < 4.78 is 0. The highest BCUT2D eigenvalue weighted by Gasteiger charge is 2.27. The molecule has 0 unspecified atom stereocenters. The van der Waals surface area contributed by atoms with Crippen molar-refractivity contribution < 1.29 is 9.72 Å². The van der Waals surface area contributed by atoms with Gasteiger partial charge in [0.15, 0.2) is 0 Å². The van der Waals surface area contributed by atoms with E-state index in [4.69, 9.17) is 0 Å². The number of hydrogen-bond donors (Lipinski definition) is 2. The summed E-state index contributed by atoms with van der Waals surface area (Å²) in [5.74, 6) is 0.518. The van der Waals surface area contributed by atoms with Crippen LogP contribution in [0.4, 0.5) is 17.5 Å². The van der Waals surface area contributed by atoms with Crippen LogP contribution in [0.15, 0.2) is 0 Å². The van der Waals surface area contributed by atoms with Crippen LogP contribution >= 0.6 is 0 Å². The lowest BCUT2D eigenvalue weighted by Gasteiger charge is -2.21. The molecule has 0 radical (unpaired) electrons. The molecule has 0 aromatic carbocycles. The molecule has 1 saturated heterocycles. The molecular formula is C11H16N6O3. The number of aryl methyl sites for hydroxylation is 1. The highest BCUT2D eigenvalue weighted by atomic mass is 16.6. The maximum atomic E-state index is 11.4. The monoisotopic (exact) mass is 280 g/mol. The van der Waals surface area contributed by atoms with Gasteiger partial charge >= 0.3 is 5.69 Å². The van der Waals surface area contributed by atoms with Crippen LogP contribution < -0.4 is 15.5 Å². The van der Waals surface area contributed by atoms with Crippen LogP contribution in [-0.4, -0.2) is 47.5 Å². The van der Waals surface area contributed by atoms with Crippen molar-refractivity contribution in [3.8, 4) is 0 Å². The Labute approximate surface area is 115 Å². The van der Waals surface area contributed by atoms with Gasteiger partial charge in [-0.05, 0) is 6.92 Å². The molecule has 1 fully saturated rings. The fraction of sp³-hybridized carbons (Fsp3) is 0.545. The third-order valence-corrected chi connectivity index (χ3v) is 3.06. The number of nitro groups is 1. The van der Waals surface area contributed by atoms with Crippen LogP contribution in [0.1, 0.15) is 12.1 Å². The van der Waals surface area contributed by atoms with E-state index in [2.05, 4.69) is 20.6 Å². The molecule has 9 nitrogen and oxygen atoms in total. The summed E-state index contributed by atoms with van der Waals surface area (Å²) in [5.41, 5.74) is 0.186. The van der Waals surface area contributed by atoms with Gasteiger partial charge in [-0.2, -0.15) is 4.98 Å². The van der Waals surface area contributed by atoms with Crippen LogP contribution in [0.25, 0.3) is 0 Å². The highest BCUT2D eigenvalue weighted by Crippen LogP contribution is 2.30. The van der Waals surface area contributed by atoms with Crippen molar-refractivity contribution in [3.63, 3.8) is 0 Å². The Morgan fingerprint density at radius 3 is 2.80 bits per heavy atom. The molecule has 1 aromatic heterocycles. The molecule has 2 rings (SSSR count). The maximum Gasteiger partial charge on any atom is 0.332 e. The van der Waals surface area contributed by atoms with Crippen molar-refractivity contribution in [3.05, 3.63) is 15.8 Å². The summed E-state index contributed by atoms with van der Waals surface area (Å²) in [4.78, 5) is 32.1. The molecule has 0 spiro atoms. The number of aromatic nitrogens is 2. The number of hydrogen-bond acceptors (Lipinski definition) is 7. The molecule has 1 aliphatic rings. The zero-order valence-corrected chi connectivity index (χ0v) is 11.3. The first kappa shape index (κ1) is 14.0. The Morgan fingerprint density at radius 2 is 2.15 bits per heavy atom. The van der Waals surface area contributed by atoms with Gasteiger partial charge in [-0.1, -0.05) is 0 Å². The summed E-state index contributed by atoms with van der Waals surface area (Å²) in [6, 6.07) is 0. The molecule has 20 heavy (non-hydrogen) atoms. The van der Waals surface area contributed by atoms with Crippen molar-refractivity contribution in [1.82, 2.24) is 15.3 Å². The second kappa shape index (κ2) is 5.68. The lowest BCUT2D eigenvalue weighted by atomic mass is 10.3. The highest BCUT2D eigenvalue weighted by molar-refractivity contribution is 5.77. The molecule has 1 aromatic rings. The normalized spacial score (nSPS) is 15.5. The van der Waals surface area contributed by atoms with Gasteiger partial charge < -0.3 is 15.5 Å². The third kappa shape index (κ3) is 2.76. The van der Waals surface area contributed by atoms with E-state index in [1.807, 2.05) is 0 Å². The van der Waals surface area contributed by atoms with Gasteiger partial charge in [0.1, 0.15) is 5.69 Å². The quantitative estimate of drug-likeness (QED) is 0.594. The van der Waals surface area contributed by atoms with Gasteiger partial charge in [0, 0.05) is 33.1 Å². The first-order valence-corrected chi connectivity index (χ1v) is 6.25. The van der Waals surface area contributed by atoms with Crippen molar-refractivity contribution in [2.75, 3.05) is 36.9 Å². The van der Waals surface area contributed by atoms with Crippen LogP contribution in [0.2, 0.25) is 0 Å². The number of amides is 1. The van der Waals surface area contributed by atoms with Crippen molar-refractivity contribution in [2.24, 2.45) is 0 Å². The second-order valence-corrected chi connectivity index (χ2v) is 4.40. The number of nitrogens with one attached hydrogen (secondary N) is 2. The smallest absolute Gasteiger partial charge is 0.332 e. The predicted molar refractivity (Wildman–Crippen MR) is 72.8 cm³/mol. The fourth-order valence-electron chi connectivity index (χ4n) is 2.08. The second-order valence-electron chi connectivity index (χ2n) is 4.40. The van der Waals surface area contributed by atoms with Crippen LogP contribution in [0, 0.1) is 17.0 Å². The van der Waals surface area contributed by atoms with Gasteiger partial charge in [0.25, 0.3) is 0 Å². The van der Waals surface area contributed by atoms with Crippen LogP contribution in [0.5, 0.6) is 0 Å². The van der Waals surface area contributed by atoms with Crippen molar-refractivity contribution in [2.45, 2.75) is 13.3 Å². The number of nitrogens with zero attached hydrogens (tertiary/aromatic N) is 4. The molecule has 0 saturated carbocycles. The molecule has 9 heteroatoms.